The number of carbonyl (C=O) groups is 1. The molecular formula is C20H15ClN4O2. The Morgan fingerprint density at radius 3 is 2.48 bits per heavy atom. The number of hydrogen-bond donors (Lipinski definition) is 3. The van der Waals surface area contributed by atoms with Crippen molar-refractivity contribution in [2.75, 3.05) is 16.4 Å². The van der Waals surface area contributed by atoms with Crippen molar-refractivity contribution in [2.45, 2.75) is 0 Å². The molecule has 4 aromatic rings. The maximum Gasteiger partial charge on any atom is 0.323 e. The Labute approximate surface area is 159 Å². The number of amides is 2. The lowest BCUT2D eigenvalue weighted by molar-refractivity contribution is 0.262. The first-order valence-corrected chi connectivity index (χ1v) is 8.56. The van der Waals surface area contributed by atoms with E-state index in [-0.39, 0.29) is 11.9 Å². The molecule has 1 heterocycles. The molecule has 7 heteroatoms. The Morgan fingerprint density at radius 1 is 0.963 bits per heavy atom. The molecule has 1 aromatic heterocycles. The Morgan fingerprint density at radius 2 is 1.70 bits per heavy atom. The van der Waals surface area contributed by atoms with E-state index >= 15 is 0 Å². The van der Waals surface area contributed by atoms with Crippen molar-refractivity contribution >= 4 is 45.8 Å². The second kappa shape index (κ2) is 7.01. The third-order valence-corrected chi connectivity index (χ3v) is 4.30. The summed E-state index contributed by atoms with van der Waals surface area (Å²) in [6.07, 6.45) is 0. The minimum atomic E-state index is -0.351. The number of rotatable bonds is 3. The molecule has 3 aromatic carbocycles. The lowest BCUT2D eigenvalue weighted by Crippen LogP contribution is -2.19. The molecule has 6 nitrogen and oxygen atoms in total. The first-order valence-electron chi connectivity index (χ1n) is 8.18. The van der Waals surface area contributed by atoms with Crippen LogP contribution in [0.15, 0.2) is 71.3 Å². The third-order valence-electron chi connectivity index (χ3n) is 4.07. The summed E-state index contributed by atoms with van der Waals surface area (Å²) in [5.41, 5.74) is 9.72. The number of urea groups is 1. The molecule has 0 aliphatic carbocycles. The molecule has 0 saturated carbocycles. The Kier molecular flexibility index (Phi) is 4.40. The van der Waals surface area contributed by atoms with E-state index in [1.165, 1.54) is 0 Å². The third kappa shape index (κ3) is 3.56. The topological polar surface area (TPSA) is 93.2 Å². The van der Waals surface area contributed by atoms with E-state index in [1.54, 1.807) is 24.3 Å². The molecule has 0 unspecified atom stereocenters. The van der Waals surface area contributed by atoms with Crippen LogP contribution in [0.3, 0.4) is 0 Å². The molecule has 27 heavy (non-hydrogen) atoms. The Bertz CT molecular complexity index is 1120. The predicted octanol–water partition coefficient (Wildman–Crippen LogP) is 5.37. The van der Waals surface area contributed by atoms with Gasteiger partial charge in [0, 0.05) is 16.4 Å². The van der Waals surface area contributed by atoms with Crippen molar-refractivity contribution in [1.29, 1.82) is 0 Å². The average Bonchev–Trinajstić information content (AvgIpc) is 3.04. The van der Waals surface area contributed by atoms with Gasteiger partial charge < -0.3 is 20.9 Å². The molecule has 0 bridgehead atoms. The summed E-state index contributed by atoms with van der Waals surface area (Å²) < 4.78 is 5.07. The number of benzene rings is 3. The van der Waals surface area contributed by atoms with Gasteiger partial charge in [0.05, 0.1) is 5.39 Å². The van der Waals surface area contributed by atoms with Gasteiger partial charge in [0.15, 0.2) is 0 Å². The van der Waals surface area contributed by atoms with Gasteiger partial charge in [-0.05, 0) is 47.5 Å². The maximum atomic E-state index is 12.1. The number of hydrogen-bond acceptors (Lipinski definition) is 4. The lowest BCUT2D eigenvalue weighted by atomic mass is 10.0. The van der Waals surface area contributed by atoms with Crippen LogP contribution in [0.2, 0.25) is 5.02 Å². The van der Waals surface area contributed by atoms with Crippen molar-refractivity contribution < 1.29 is 9.32 Å². The van der Waals surface area contributed by atoms with Crippen molar-refractivity contribution in [3.8, 4) is 11.1 Å². The second-order valence-electron chi connectivity index (χ2n) is 5.91. The van der Waals surface area contributed by atoms with Crippen LogP contribution in [-0.4, -0.2) is 11.2 Å². The molecule has 4 N–H and O–H groups in total. The SMILES string of the molecule is Nc1onc2cccc(-c3ccc(NC(=O)Nc4cccc(Cl)c4)cc3)c12. The van der Waals surface area contributed by atoms with Crippen LogP contribution in [0.5, 0.6) is 0 Å². The molecule has 134 valence electrons. The van der Waals surface area contributed by atoms with Crippen LogP contribution in [-0.2, 0) is 0 Å². The van der Waals surface area contributed by atoms with E-state index < -0.39 is 0 Å². The van der Waals surface area contributed by atoms with Crippen LogP contribution >= 0.6 is 11.6 Å². The number of nitrogens with one attached hydrogen (secondary N) is 2. The number of carbonyl (C=O) groups excluding carboxylic acids is 1. The highest BCUT2D eigenvalue weighted by atomic mass is 35.5. The second-order valence-corrected chi connectivity index (χ2v) is 6.35. The van der Waals surface area contributed by atoms with E-state index in [2.05, 4.69) is 15.8 Å². The smallest absolute Gasteiger partial charge is 0.323 e. The zero-order valence-electron chi connectivity index (χ0n) is 14.1. The monoisotopic (exact) mass is 378 g/mol. The Hall–Kier alpha value is -3.51. The minimum absolute atomic E-state index is 0.281. The fourth-order valence-corrected chi connectivity index (χ4v) is 3.04. The van der Waals surface area contributed by atoms with Crippen molar-refractivity contribution in [2.24, 2.45) is 0 Å². The van der Waals surface area contributed by atoms with Crippen LogP contribution in [0, 0.1) is 0 Å². The fourth-order valence-electron chi connectivity index (χ4n) is 2.85. The Balaban J connectivity index is 1.52. The van der Waals surface area contributed by atoms with Gasteiger partial charge in [0.25, 0.3) is 0 Å². The summed E-state index contributed by atoms with van der Waals surface area (Å²) in [6.45, 7) is 0. The summed E-state index contributed by atoms with van der Waals surface area (Å²) in [7, 11) is 0. The summed E-state index contributed by atoms with van der Waals surface area (Å²) in [5.74, 6) is 0.281. The number of nitrogens with two attached hydrogens (primary N) is 1. The zero-order chi connectivity index (χ0) is 18.8. The fraction of sp³-hybridized carbons (Fsp3) is 0. The van der Waals surface area contributed by atoms with Gasteiger partial charge in [0.2, 0.25) is 5.88 Å². The molecule has 0 fully saturated rings. The molecule has 0 spiro atoms. The zero-order valence-corrected chi connectivity index (χ0v) is 14.8. The normalized spacial score (nSPS) is 10.7. The minimum Gasteiger partial charge on any atom is -0.367 e. The van der Waals surface area contributed by atoms with Gasteiger partial charge in [-0.3, -0.25) is 0 Å². The van der Waals surface area contributed by atoms with Crippen molar-refractivity contribution in [3.63, 3.8) is 0 Å². The summed E-state index contributed by atoms with van der Waals surface area (Å²) in [6, 6.07) is 19.7. The lowest BCUT2D eigenvalue weighted by Gasteiger charge is -2.09. The van der Waals surface area contributed by atoms with E-state index in [1.807, 2.05) is 42.5 Å². The van der Waals surface area contributed by atoms with Gasteiger partial charge in [-0.25, -0.2) is 4.79 Å². The van der Waals surface area contributed by atoms with Gasteiger partial charge in [-0.15, -0.1) is 0 Å². The van der Waals surface area contributed by atoms with E-state index in [0.29, 0.717) is 21.9 Å². The number of nitrogen functional groups attached to an aromatic ring is 1. The number of nitrogens with zero attached hydrogens (tertiary/aromatic N) is 1. The highest BCUT2D eigenvalue weighted by Crippen LogP contribution is 2.32. The molecule has 0 aliphatic rings. The van der Waals surface area contributed by atoms with Crippen LogP contribution in [0.25, 0.3) is 22.0 Å². The number of aromatic nitrogens is 1. The standard InChI is InChI=1S/C20H15ClN4O2/c21-13-3-1-4-15(11-13)24-20(26)23-14-9-7-12(8-10-14)16-5-2-6-17-18(16)19(22)27-25-17/h1-11H,22H2,(H2,23,24,26). The van der Waals surface area contributed by atoms with Gasteiger partial charge in [-0.2, -0.15) is 0 Å². The van der Waals surface area contributed by atoms with Gasteiger partial charge in [0.1, 0.15) is 5.52 Å². The number of fused-ring (bicyclic) bond motifs is 1. The van der Waals surface area contributed by atoms with Gasteiger partial charge >= 0.3 is 6.03 Å². The number of anilines is 3. The summed E-state index contributed by atoms with van der Waals surface area (Å²) in [5, 5.41) is 10.8. The molecule has 0 radical (unpaired) electrons. The van der Waals surface area contributed by atoms with Crippen LogP contribution in [0.1, 0.15) is 0 Å². The highest BCUT2D eigenvalue weighted by Gasteiger charge is 2.11. The van der Waals surface area contributed by atoms with E-state index in [9.17, 15) is 4.79 Å². The van der Waals surface area contributed by atoms with Crippen molar-refractivity contribution in [1.82, 2.24) is 5.16 Å². The summed E-state index contributed by atoms with van der Waals surface area (Å²) >= 11 is 5.92. The number of halogens is 1. The first-order chi connectivity index (χ1) is 13.1. The van der Waals surface area contributed by atoms with Crippen molar-refractivity contribution in [3.05, 3.63) is 71.8 Å². The molecule has 2 amide bonds. The van der Waals surface area contributed by atoms with Crippen LogP contribution < -0.4 is 16.4 Å². The first kappa shape index (κ1) is 16.9. The summed E-state index contributed by atoms with van der Waals surface area (Å²) in [4.78, 5) is 12.1. The molecule has 0 saturated heterocycles. The largest absolute Gasteiger partial charge is 0.367 e. The molecular weight excluding hydrogens is 364 g/mol. The average molecular weight is 379 g/mol. The van der Waals surface area contributed by atoms with Gasteiger partial charge in [-0.1, -0.05) is 47.1 Å². The quantitative estimate of drug-likeness (QED) is 0.446. The maximum absolute atomic E-state index is 12.1. The van der Waals surface area contributed by atoms with E-state index in [4.69, 9.17) is 21.9 Å². The van der Waals surface area contributed by atoms with E-state index in [0.717, 1.165) is 16.5 Å². The highest BCUT2D eigenvalue weighted by molar-refractivity contribution is 6.30. The predicted molar refractivity (Wildman–Crippen MR) is 108 cm³/mol. The van der Waals surface area contributed by atoms with Crippen LogP contribution in [0.4, 0.5) is 22.1 Å². The molecule has 0 atom stereocenters. The molecule has 4 rings (SSSR count). The molecule has 0 aliphatic heterocycles.